The molecule has 0 radical (unpaired) electrons. The summed E-state index contributed by atoms with van der Waals surface area (Å²) in [6, 6.07) is 9.63. The molecular weight excluding hydrogens is 396 g/mol. The zero-order chi connectivity index (χ0) is 21.3. The fourth-order valence-electron chi connectivity index (χ4n) is 3.27. The predicted octanol–water partition coefficient (Wildman–Crippen LogP) is 3.77. The highest BCUT2D eigenvalue weighted by Crippen LogP contribution is 2.35. The number of methoxy groups -OCH3 is 1. The van der Waals surface area contributed by atoms with Gasteiger partial charge in [0.15, 0.2) is 5.11 Å². The summed E-state index contributed by atoms with van der Waals surface area (Å²) < 4.78 is 33.1. The summed E-state index contributed by atoms with van der Waals surface area (Å²) in [6.07, 6.45) is 0. The number of allylic oxidation sites excluding steroid dienone is 1. The molecule has 8 heteroatoms. The summed E-state index contributed by atoms with van der Waals surface area (Å²) in [5, 5.41) is 3.35. The molecule has 0 saturated carbocycles. The number of thiocarbonyl (C=S) groups is 1. The second kappa shape index (κ2) is 8.16. The summed E-state index contributed by atoms with van der Waals surface area (Å²) in [7, 11) is 4.81. The highest BCUT2D eigenvalue weighted by molar-refractivity contribution is 7.80. The molecule has 2 aromatic carbocycles. The van der Waals surface area contributed by atoms with Crippen LogP contribution < -0.4 is 15.0 Å². The molecule has 1 N–H and O–H groups in total. The van der Waals surface area contributed by atoms with E-state index in [1.807, 2.05) is 12.1 Å². The van der Waals surface area contributed by atoms with Crippen LogP contribution in [0, 0.1) is 11.6 Å². The van der Waals surface area contributed by atoms with E-state index < -0.39 is 17.7 Å². The van der Waals surface area contributed by atoms with Crippen molar-refractivity contribution in [2.75, 3.05) is 26.1 Å². The van der Waals surface area contributed by atoms with Crippen molar-refractivity contribution in [1.29, 1.82) is 0 Å². The Hall–Kier alpha value is -3.00. The number of hydrogen-bond acceptors (Lipinski definition) is 3. The molecular formula is C21H21F2N3O2S. The van der Waals surface area contributed by atoms with Crippen LogP contribution in [0.4, 0.5) is 14.5 Å². The molecule has 0 bridgehead atoms. The molecule has 1 amide bonds. The molecule has 29 heavy (non-hydrogen) atoms. The van der Waals surface area contributed by atoms with E-state index in [0.717, 1.165) is 17.8 Å². The van der Waals surface area contributed by atoms with Gasteiger partial charge in [0.2, 0.25) is 0 Å². The molecule has 0 aliphatic carbocycles. The van der Waals surface area contributed by atoms with Crippen LogP contribution in [0.5, 0.6) is 5.75 Å². The molecule has 152 valence electrons. The third kappa shape index (κ3) is 3.93. The molecule has 0 fully saturated rings. The molecule has 1 aliphatic heterocycles. The number of rotatable bonds is 4. The van der Waals surface area contributed by atoms with E-state index in [0.29, 0.717) is 22.1 Å². The summed E-state index contributed by atoms with van der Waals surface area (Å²) in [5.74, 6) is -1.06. The SMILES string of the molecule is COc1ccc(N2C(=S)N[C@@H](c3ccc(F)cc3F)C(C(=O)N(C)C)=C2C)cc1. The number of carbonyl (C=O) groups is 1. The van der Waals surface area contributed by atoms with Gasteiger partial charge in [-0.05, 0) is 49.5 Å². The summed E-state index contributed by atoms with van der Waals surface area (Å²) in [4.78, 5) is 16.1. The fourth-order valence-corrected chi connectivity index (χ4v) is 3.63. The van der Waals surface area contributed by atoms with Gasteiger partial charge in [0, 0.05) is 37.1 Å². The van der Waals surface area contributed by atoms with Crippen LogP contribution in [0.3, 0.4) is 0 Å². The minimum Gasteiger partial charge on any atom is -0.497 e. The van der Waals surface area contributed by atoms with Crippen LogP contribution in [0.2, 0.25) is 0 Å². The average Bonchev–Trinajstić information content (AvgIpc) is 2.67. The van der Waals surface area contributed by atoms with E-state index >= 15 is 0 Å². The number of nitrogens with one attached hydrogen (secondary N) is 1. The zero-order valence-corrected chi connectivity index (χ0v) is 17.3. The lowest BCUT2D eigenvalue weighted by molar-refractivity contribution is -0.125. The Labute approximate surface area is 173 Å². The summed E-state index contributed by atoms with van der Waals surface area (Å²) in [6.45, 7) is 1.75. The molecule has 1 aliphatic rings. The highest BCUT2D eigenvalue weighted by atomic mass is 32.1. The van der Waals surface area contributed by atoms with Gasteiger partial charge < -0.3 is 15.0 Å². The molecule has 0 aromatic heterocycles. The predicted molar refractivity (Wildman–Crippen MR) is 112 cm³/mol. The van der Waals surface area contributed by atoms with Gasteiger partial charge in [-0.2, -0.15) is 0 Å². The fraction of sp³-hybridized carbons (Fsp3) is 0.238. The Bertz CT molecular complexity index is 990. The van der Waals surface area contributed by atoms with Crippen molar-refractivity contribution in [1.82, 2.24) is 10.2 Å². The van der Waals surface area contributed by atoms with Gasteiger partial charge in [-0.15, -0.1) is 0 Å². The number of nitrogens with zero attached hydrogens (tertiary/aromatic N) is 2. The Kier molecular flexibility index (Phi) is 5.83. The van der Waals surface area contributed by atoms with Crippen molar-refractivity contribution in [2.45, 2.75) is 13.0 Å². The monoisotopic (exact) mass is 417 g/mol. The molecule has 2 aromatic rings. The lowest BCUT2D eigenvalue weighted by Gasteiger charge is -2.38. The number of ether oxygens (including phenoxy) is 1. The molecule has 0 spiro atoms. The van der Waals surface area contributed by atoms with Crippen molar-refractivity contribution in [3.63, 3.8) is 0 Å². The van der Waals surface area contributed by atoms with Crippen LogP contribution in [0.15, 0.2) is 53.7 Å². The average molecular weight is 417 g/mol. The first-order valence-corrected chi connectivity index (χ1v) is 9.27. The maximum Gasteiger partial charge on any atom is 0.253 e. The van der Waals surface area contributed by atoms with Gasteiger partial charge in [-0.25, -0.2) is 8.78 Å². The highest BCUT2D eigenvalue weighted by Gasteiger charge is 2.36. The topological polar surface area (TPSA) is 44.8 Å². The largest absolute Gasteiger partial charge is 0.497 e. The number of amides is 1. The van der Waals surface area contributed by atoms with Crippen LogP contribution in [0.1, 0.15) is 18.5 Å². The van der Waals surface area contributed by atoms with E-state index in [-0.39, 0.29) is 11.5 Å². The van der Waals surface area contributed by atoms with Crippen molar-refractivity contribution >= 4 is 28.9 Å². The van der Waals surface area contributed by atoms with Crippen molar-refractivity contribution in [3.05, 3.63) is 70.9 Å². The van der Waals surface area contributed by atoms with Crippen LogP contribution >= 0.6 is 12.2 Å². The van der Waals surface area contributed by atoms with E-state index in [4.69, 9.17) is 17.0 Å². The van der Waals surface area contributed by atoms with Gasteiger partial charge in [-0.1, -0.05) is 6.07 Å². The third-order valence-electron chi connectivity index (χ3n) is 4.73. The molecule has 1 heterocycles. The first-order valence-electron chi connectivity index (χ1n) is 8.86. The summed E-state index contributed by atoms with van der Waals surface area (Å²) >= 11 is 5.53. The van der Waals surface area contributed by atoms with Crippen molar-refractivity contribution in [2.24, 2.45) is 0 Å². The van der Waals surface area contributed by atoms with Crippen LogP contribution in [0.25, 0.3) is 0 Å². The number of halogens is 2. The van der Waals surface area contributed by atoms with E-state index in [2.05, 4.69) is 5.32 Å². The second-order valence-corrected chi connectivity index (χ2v) is 7.17. The van der Waals surface area contributed by atoms with Crippen molar-refractivity contribution in [3.8, 4) is 5.75 Å². The number of carbonyl (C=O) groups excluding carboxylic acids is 1. The Balaban J connectivity index is 2.16. The van der Waals surface area contributed by atoms with Gasteiger partial charge in [0.1, 0.15) is 17.4 Å². The third-order valence-corrected chi connectivity index (χ3v) is 5.03. The smallest absolute Gasteiger partial charge is 0.253 e. The van der Waals surface area contributed by atoms with E-state index in [1.54, 1.807) is 45.2 Å². The van der Waals surface area contributed by atoms with Crippen LogP contribution in [-0.2, 0) is 4.79 Å². The lowest BCUT2D eigenvalue weighted by Crippen LogP contribution is -2.49. The molecule has 0 unspecified atom stereocenters. The first kappa shape index (κ1) is 20.7. The second-order valence-electron chi connectivity index (χ2n) is 6.78. The lowest BCUT2D eigenvalue weighted by atomic mass is 9.93. The van der Waals surface area contributed by atoms with E-state index in [1.165, 1.54) is 11.0 Å². The molecule has 5 nitrogen and oxygen atoms in total. The van der Waals surface area contributed by atoms with Gasteiger partial charge in [0.25, 0.3) is 5.91 Å². The minimum absolute atomic E-state index is 0.146. The number of hydrogen-bond donors (Lipinski definition) is 1. The van der Waals surface area contributed by atoms with Crippen LogP contribution in [-0.4, -0.2) is 37.1 Å². The minimum atomic E-state index is -0.840. The first-order chi connectivity index (χ1) is 13.7. The summed E-state index contributed by atoms with van der Waals surface area (Å²) in [5.41, 5.74) is 1.76. The van der Waals surface area contributed by atoms with Gasteiger partial charge >= 0.3 is 0 Å². The normalized spacial score (nSPS) is 16.6. The Morgan fingerprint density at radius 3 is 2.38 bits per heavy atom. The number of likely N-dealkylation sites (N-methyl/N-ethyl adjacent to an activating group) is 1. The van der Waals surface area contributed by atoms with Gasteiger partial charge in [-0.3, -0.25) is 9.69 Å². The van der Waals surface area contributed by atoms with Gasteiger partial charge in [0.05, 0.1) is 18.7 Å². The Morgan fingerprint density at radius 1 is 1.17 bits per heavy atom. The zero-order valence-electron chi connectivity index (χ0n) is 16.5. The molecule has 1 atom stereocenters. The quantitative estimate of drug-likeness (QED) is 0.768. The maximum absolute atomic E-state index is 14.5. The molecule has 3 rings (SSSR count). The van der Waals surface area contributed by atoms with Crippen molar-refractivity contribution < 1.29 is 18.3 Å². The van der Waals surface area contributed by atoms with E-state index in [9.17, 15) is 13.6 Å². The Morgan fingerprint density at radius 2 is 1.83 bits per heavy atom. The number of benzene rings is 2. The standard InChI is InChI=1S/C21H21F2N3O2S/c1-12-18(20(27)25(2)3)19(16-10-5-13(22)11-17(16)23)24-21(29)26(12)14-6-8-15(28-4)9-7-14/h5-11,19H,1-4H3,(H,24,29)/t19-/m0/s1. The number of anilines is 1. The molecule has 0 saturated heterocycles. The maximum atomic E-state index is 14.5.